The molecule has 7 heterocycles. The number of hydrogen-bond donors (Lipinski definition) is 9. The monoisotopic (exact) mass is 1450 g/mol. The molecule has 25 nitrogen and oxygen atoms in total. The van der Waals surface area contributed by atoms with Gasteiger partial charge in [0.25, 0.3) is 5.91 Å². The van der Waals surface area contributed by atoms with E-state index in [0.29, 0.717) is 86.6 Å². The van der Waals surface area contributed by atoms with Gasteiger partial charge in [-0.2, -0.15) is 23.5 Å². The maximum atomic E-state index is 15.6. The number of halogens is 3. The van der Waals surface area contributed by atoms with E-state index in [0.717, 1.165) is 110 Å². The maximum Gasteiger partial charge on any atom is 0.341 e. The number of carboxylic acids is 1. The van der Waals surface area contributed by atoms with Crippen molar-refractivity contribution in [2.24, 2.45) is 5.92 Å². The SMILES string of the molecule is O=C(CCCCCNC(=O)CCCCC1SCC2NC(=O)NC21)CC(CC(=O)CCCCCNC(=O)CCCCC1SCC2NC(=O)NC21)Cc1ccc(C(=O)NCCOCCOCCOCCC(=O)NC2CCN(c3nc4c(cc3F)c(=O)c(C(=O)O)cn4-c3ccc(F)cc3F)C2)cc1. The maximum absolute atomic E-state index is 15.6. The molecule has 0 bridgehead atoms. The van der Waals surface area contributed by atoms with Crippen molar-refractivity contribution in [2.75, 3.05) is 88.8 Å². The third kappa shape index (κ3) is 23.9. The smallest absolute Gasteiger partial charge is 0.341 e. The Balaban J connectivity index is 0.617. The molecule has 30 heteroatoms. The van der Waals surface area contributed by atoms with E-state index in [2.05, 4.69) is 47.5 Å². The minimum atomic E-state index is -1.63. The van der Waals surface area contributed by atoms with E-state index in [1.807, 2.05) is 35.7 Å². The number of rotatable bonds is 45. The molecule has 5 saturated heterocycles. The first-order chi connectivity index (χ1) is 48.8. The zero-order chi connectivity index (χ0) is 71.6. The van der Waals surface area contributed by atoms with Gasteiger partial charge in [0, 0.05) is 124 Å². The summed E-state index contributed by atoms with van der Waals surface area (Å²) in [6, 6.07) is 10.6. The lowest BCUT2D eigenvalue weighted by molar-refractivity contribution is -0.123. The summed E-state index contributed by atoms with van der Waals surface area (Å²) in [4.78, 5) is 132. The van der Waals surface area contributed by atoms with Crippen LogP contribution in [0.15, 0.2) is 59.5 Å². The number of anilines is 1. The number of amides is 8. The van der Waals surface area contributed by atoms with Crippen LogP contribution in [-0.2, 0) is 44.6 Å². The lowest BCUT2D eigenvalue weighted by Crippen LogP contribution is -2.37. The molecule has 2 aromatic heterocycles. The number of nitrogens with zero attached hydrogens (tertiary/aromatic N) is 3. The normalized spacial score (nSPS) is 20.0. The molecule has 8 amide bonds. The van der Waals surface area contributed by atoms with E-state index in [4.69, 9.17) is 14.2 Å². The molecule has 550 valence electrons. The average Bonchev–Trinajstić information content (AvgIpc) is 1.39. The molecule has 0 spiro atoms. The molecular formula is C71H94F3N11O14S2. The van der Waals surface area contributed by atoms with Gasteiger partial charge in [0.05, 0.1) is 74.9 Å². The van der Waals surface area contributed by atoms with Crippen LogP contribution in [0.4, 0.5) is 28.6 Å². The average molecular weight is 1450 g/mol. The molecule has 0 saturated carbocycles. The molecule has 7 unspecified atom stereocenters. The van der Waals surface area contributed by atoms with Crippen LogP contribution in [0.1, 0.15) is 155 Å². The Morgan fingerprint density at radius 2 is 1.19 bits per heavy atom. The van der Waals surface area contributed by atoms with Gasteiger partial charge >= 0.3 is 18.0 Å². The lowest BCUT2D eigenvalue weighted by atomic mass is 9.87. The fourth-order valence-electron chi connectivity index (χ4n) is 13.5. The minimum Gasteiger partial charge on any atom is -0.477 e. The van der Waals surface area contributed by atoms with Crippen molar-refractivity contribution in [1.29, 1.82) is 0 Å². The van der Waals surface area contributed by atoms with Crippen LogP contribution in [-0.4, -0.2) is 192 Å². The second-order valence-electron chi connectivity index (χ2n) is 26.5. The highest BCUT2D eigenvalue weighted by atomic mass is 32.2. The number of pyridine rings is 2. The Bertz CT molecular complexity index is 3510. The summed E-state index contributed by atoms with van der Waals surface area (Å²) in [6.45, 7) is 3.00. The standard InChI is InChI=1S/C71H94F3N11O14S2/c72-47-21-22-57(53(73)38-47)85-41-52(69(93)94)65(91)51-39-54(74)67(83-66(51)85)84-28-23-48(40-84)78-62(90)24-29-97-31-33-99-34-32-98-30-27-77-68(92)46-19-17-44(18-20-46)35-45(36-49(86)11-3-1-9-25-75-60(88)15-7-5-13-58-63-55(42-100-58)79-70(95)81-63)37-50(87)12-4-2-10-26-76-61(89)16-8-6-14-59-64-56(43-101-59)80-71(96)82-64/h17-22,38-39,41,45,48,55-56,58-59,63-64H,1-16,23-37,40,42-43H2,(H,75,88)(H,76,89)(H,77,92)(H,78,90)(H,93,94)(H2,79,81,95)(H2,80,82,96). The summed E-state index contributed by atoms with van der Waals surface area (Å²) in [5.74, 6) is -3.55. The van der Waals surface area contributed by atoms with Gasteiger partial charge in [-0.05, 0) is 106 Å². The highest BCUT2D eigenvalue weighted by Crippen LogP contribution is 2.35. The number of hydrogen-bond acceptors (Lipinski definition) is 17. The number of carbonyl (C=O) groups is 9. The molecule has 0 radical (unpaired) electrons. The number of carboxylic acid groups (broad SMARTS) is 1. The van der Waals surface area contributed by atoms with Crippen LogP contribution in [0.25, 0.3) is 16.7 Å². The first-order valence-corrected chi connectivity index (χ1v) is 37.5. The van der Waals surface area contributed by atoms with Gasteiger partial charge in [0.1, 0.15) is 28.8 Å². The van der Waals surface area contributed by atoms with Gasteiger partial charge in [-0.1, -0.05) is 37.8 Å². The predicted octanol–water partition coefficient (Wildman–Crippen LogP) is 6.95. The van der Waals surface area contributed by atoms with Crippen LogP contribution < -0.4 is 52.9 Å². The van der Waals surface area contributed by atoms with Gasteiger partial charge < -0.3 is 66.8 Å². The number of nitrogens with one attached hydrogen (secondary N) is 8. The summed E-state index contributed by atoms with van der Waals surface area (Å²) >= 11 is 3.74. The molecule has 2 aromatic carbocycles. The van der Waals surface area contributed by atoms with Crippen molar-refractivity contribution in [3.63, 3.8) is 0 Å². The fourth-order valence-corrected chi connectivity index (χ4v) is 16.6. The molecule has 101 heavy (non-hydrogen) atoms. The molecule has 9 rings (SSSR count). The van der Waals surface area contributed by atoms with Gasteiger partial charge in [-0.25, -0.2) is 32.5 Å². The Labute approximate surface area is 593 Å². The number of unbranched alkanes of at least 4 members (excludes halogenated alkanes) is 6. The molecule has 9 N–H and O–H groups in total. The molecule has 5 fully saturated rings. The first kappa shape index (κ1) is 77.4. The quantitative estimate of drug-likeness (QED) is 0.0160. The molecule has 7 atom stereocenters. The number of Topliss-reactive ketones (excluding diaryl/α,β-unsaturated/α-hetero) is 2. The highest BCUT2D eigenvalue weighted by molar-refractivity contribution is 8.00. The predicted molar refractivity (Wildman–Crippen MR) is 376 cm³/mol. The number of benzene rings is 2. The van der Waals surface area contributed by atoms with Crippen LogP contribution >= 0.6 is 23.5 Å². The third-order valence-corrected chi connectivity index (χ3v) is 21.8. The minimum absolute atomic E-state index is 0.0150. The number of urea groups is 2. The number of ether oxygens (including phenoxy) is 3. The van der Waals surface area contributed by atoms with Crippen molar-refractivity contribution in [1.82, 2.24) is 52.1 Å². The molecular weight excluding hydrogens is 1350 g/mol. The summed E-state index contributed by atoms with van der Waals surface area (Å²) < 4.78 is 62.1. The highest BCUT2D eigenvalue weighted by Gasteiger charge is 2.44. The van der Waals surface area contributed by atoms with Crippen LogP contribution in [0.2, 0.25) is 0 Å². The van der Waals surface area contributed by atoms with Gasteiger partial charge in [0.15, 0.2) is 17.3 Å². The Kier molecular flexibility index (Phi) is 30.3. The van der Waals surface area contributed by atoms with Crippen LogP contribution in [0.5, 0.6) is 0 Å². The summed E-state index contributed by atoms with van der Waals surface area (Å²) in [6.07, 6.45) is 13.6. The number of aromatic carboxylic acids is 1. The van der Waals surface area contributed by atoms with E-state index < -0.39 is 45.8 Å². The van der Waals surface area contributed by atoms with E-state index in [1.165, 1.54) is 0 Å². The summed E-state index contributed by atoms with van der Waals surface area (Å²) in [5.41, 5.74) is -1.02. The zero-order valence-corrected chi connectivity index (χ0v) is 58.5. The Morgan fingerprint density at radius 1 is 0.614 bits per heavy atom. The second-order valence-corrected chi connectivity index (χ2v) is 29.0. The molecule has 0 aliphatic carbocycles. The number of ketones is 2. The van der Waals surface area contributed by atoms with E-state index in [1.54, 1.807) is 17.0 Å². The summed E-state index contributed by atoms with van der Waals surface area (Å²) in [5, 5.41) is 33.7. The van der Waals surface area contributed by atoms with Crippen molar-refractivity contribution < 1.29 is 75.6 Å². The third-order valence-electron chi connectivity index (χ3n) is 18.8. The van der Waals surface area contributed by atoms with Crippen molar-refractivity contribution in [2.45, 2.75) is 176 Å². The summed E-state index contributed by atoms with van der Waals surface area (Å²) in [7, 11) is 0. The fraction of sp³-hybridized carbons (Fsp3) is 0.592. The van der Waals surface area contributed by atoms with Gasteiger partial charge in [-0.3, -0.25) is 38.1 Å². The van der Waals surface area contributed by atoms with E-state index in [-0.39, 0.29) is 173 Å². The first-order valence-electron chi connectivity index (χ1n) is 35.4. The van der Waals surface area contributed by atoms with Crippen LogP contribution in [0.3, 0.4) is 0 Å². The molecule has 4 aromatic rings. The number of thioether (sulfide) groups is 2. The number of fused-ring (bicyclic) bond motifs is 3. The number of carbonyl (C=O) groups excluding carboxylic acids is 8. The number of aromatic nitrogens is 2. The largest absolute Gasteiger partial charge is 0.477 e. The van der Waals surface area contributed by atoms with Gasteiger partial charge in [0.2, 0.25) is 23.2 Å². The Hall–Kier alpha value is -7.80. The Morgan fingerprint density at radius 3 is 1.77 bits per heavy atom. The van der Waals surface area contributed by atoms with Crippen LogP contribution in [0, 0.1) is 23.4 Å². The van der Waals surface area contributed by atoms with Crippen molar-refractivity contribution in [3.8, 4) is 5.69 Å². The van der Waals surface area contributed by atoms with Crippen molar-refractivity contribution in [3.05, 3.63) is 99.1 Å². The molecule has 5 aliphatic heterocycles. The van der Waals surface area contributed by atoms with E-state index >= 15 is 4.39 Å². The molecule has 5 aliphatic rings. The van der Waals surface area contributed by atoms with E-state index in [9.17, 15) is 61.8 Å². The second kappa shape index (κ2) is 39.6. The van der Waals surface area contributed by atoms with Crippen molar-refractivity contribution >= 4 is 93.6 Å². The van der Waals surface area contributed by atoms with Gasteiger partial charge in [-0.15, -0.1) is 0 Å². The topological polar surface area (TPSA) is 336 Å². The lowest BCUT2D eigenvalue weighted by Gasteiger charge is -2.20. The zero-order valence-electron chi connectivity index (χ0n) is 56.9.